The predicted octanol–water partition coefficient (Wildman–Crippen LogP) is 2.10. The maximum atomic E-state index is 6.11. The van der Waals surface area contributed by atoms with E-state index in [9.17, 15) is 0 Å². The third kappa shape index (κ3) is 2.12. The molecule has 3 rings (SSSR count). The molecule has 2 aromatic heterocycles. The highest BCUT2D eigenvalue weighted by molar-refractivity contribution is 7.16. The van der Waals surface area contributed by atoms with Crippen LogP contribution in [0, 0.1) is 0 Å². The molecule has 7 heteroatoms. The molecule has 0 saturated carbocycles. The molecule has 0 unspecified atom stereocenters. The number of benzene rings is 1. The quantitative estimate of drug-likeness (QED) is 0.712. The summed E-state index contributed by atoms with van der Waals surface area (Å²) in [5, 5.41) is 11.3. The van der Waals surface area contributed by atoms with Gasteiger partial charge in [-0.25, -0.2) is 4.98 Å². The van der Waals surface area contributed by atoms with Gasteiger partial charge in [-0.3, -0.25) is 0 Å². The number of aryl methyl sites for hydroxylation is 1. The van der Waals surface area contributed by atoms with Gasteiger partial charge in [-0.1, -0.05) is 0 Å². The lowest BCUT2D eigenvalue weighted by Gasteiger charge is -2.09. The van der Waals surface area contributed by atoms with E-state index >= 15 is 0 Å². The highest BCUT2D eigenvalue weighted by Gasteiger charge is 2.08. The van der Waals surface area contributed by atoms with Gasteiger partial charge in [0.05, 0.1) is 28.1 Å². The van der Waals surface area contributed by atoms with Crippen molar-refractivity contribution < 1.29 is 0 Å². The number of nitrogens with two attached hydrogens (primary N) is 1. The number of hydrogen-bond donors (Lipinski definition) is 2. The summed E-state index contributed by atoms with van der Waals surface area (Å²) in [5.41, 5.74) is 10.3. The average Bonchev–Trinajstić information content (AvgIpc) is 3.06. The van der Waals surface area contributed by atoms with E-state index in [0.29, 0.717) is 12.2 Å². The molecule has 0 spiro atoms. The number of rotatable bonds is 4. The zero-order chi connectivity index (χ0) is 13.2. The molecular weight excluding hydrogens is 260 g/mol. The van der Waals surface area contributed by atoms with E-state index in [1.807, 2.05) is 16.7 Å². The lowest BCUT2D eigenvalue weighted by molar-refractivity contribution is 0.708. The number of nitrogens with zero attached hydrogens (tertiary/aromatic N) is 4. The standard InChI is InChI=1S/C12H14N6S/c1-2-18-6-16-17-10(18)5-14-8-3-4-9-12(11(8)13)15-7-19-9/h3-4,6-7,14H,2,5,13H2,1H3. The first kappa shape index (κ1) is 11.9. The molecule has 2 heterocycles. The molecule has 1 aromatic carbocycles. The molecule has 3 N–H and O–H groups in total. The van der Waals surface area contributed by atoms with Crippen LogP contribution in [0.2, 0.25) is 0 Å². The smallest absolute Gasteiger partial charge is 0.152 e. The summed E-state index contributed by atoms with van der Waals surface area (Å²) in [6.45, 7) is 3.50. The van der Waals surface area contributed by atoms with Gasteiger partial charge in [-0.2, -0.15) is 0 Å². The number of thiazole rings is 1. The fraction of sp³-hybridized carbons (Fsp3) is 0.250. The first-order chi connectivity index (χ1) is 9.29. The summed E-state index contributed by atoms with van der Waals surface area (Å²) >= 11 is 1.59. The average molecular weight is 274 g/mol. The molecule has 0 aliphatic rings. The van der Waals surface area contributed by atoms with Crippen LogP contribution in [0.3, 0.4) is 0 Å². The SMILES string of the molecule is CCn1cnnc1CNc1ccc2scnc2c1N. The molecule has 0 aliphatic heterocycles. The zero-order valence-corrected chi connectivity index (χ0v) is 11.3. The number of anilines is 2. The van der Waals surface area contributed by atoms with Crippen LogP contribution in [-0.4, -0.2) is 19.7 Å². The molecular formula is C12H14N6S. The fourth-order valence-electron chi connectivity index (χ4n) is 1.96. The second kappa shape index (κ2) is 4.85. The minimum absolute atomic E-state index is 0.591. The minimum atomic E-state index is 0.591. The summed E-state index contributed by atoms with van der Waals surface area (Å²) in [7, 11) is 0. The molecule has 0 aliphatic carbocycles. The van der Waals surface area contributed by atoms with Gasteiger partial charge < -0.3 is 15.6 Å². The maximum absolute atomic E-state index is 6.11. The molecule has 0 radical (unpaired) electrons. The zero-order valence-electron chi connectivity index (χ0n) is 10.5. The van der Waals surface area contributed by atoms with Crippen molar-refractivity contribution in [2.45, 2.75) is 20.0 Å². The van der Waals surface area contributed by atoms with E-state index in [2.05, 4.69) is 27.4 Å². The third-order valence-corrected chi connectivity index (χ3v) is 3.81. The van der Waals surface area contributed by atoms with Crippen molar-refractivity contribution in [2.24, 2.45) is 0 Å². The van der Waals surface area contributed by atoms with Crippen molar-refractivity contribution in [3.8, 4) is 0 Å². The van der Waals surface area contributed by atoms with E-state index in [-0.39, 0.29) is 0 Å². The Morgan fingerprint density at radius 1 is 1.42 bits per heavy atom. The van der Waals surface area contributed by atoms with Gasteiger partial charge in [0.25, 0.3) is 0 Å². The number of aromatic nitrogens is 4. The Morgan fingerprint density at radius 3 is 3.16 bits per heavy atom. The van der Waals surface area contributed by atoms with Crippen molar-refractivity contribution >= 4 is 32.9 Å². The Bertz CT molecular complexity index is 701. The van der Waals surface area contributed by atoms with Crippen LogP contribution >= 0.6 is 11.3 Å². The molecule has 19 heavy (non-hydrogen) atoms. The largest absolute Gasteiger partial charge is 0.395 e. The highest BCUT2D eigenvalue weighted by atomic mass is 32.1. The number of nitrogen functional groups attached to an aromatic ring is 1. The van der Waals surface area contributed by atoms with Crippen LogP contribution in [0.1, 0.15) is 12.7 Å². The van der Waals surface area contributed by atoms with E-state index in [1.54, 1.807) is 23.2 Å². The van der Waals surface area contributed by atoms with Gasteiger partial charge in [0.1, 0.15) is 11.8 Å². The lowest BCUT2D eigenvalue weighted by Crippen LogP contribution is -2.08. The van der Waals surface area contributed by atoms with Gasteiger partial charge >= 0.3 is 0 Å². The molecule has 0 bridgehead atoms. The van der Waals surface area contributed by atoms with Crippen LogP contribution in [0.25, 0.3) is 10.2 Å². The van der Waals surface area contributed by atoms with Crippen LogP contribution in [-0.2, 0) is 13.1 Å². The minimum Gasteiger partial charge on any atom is -0.395 e. The summed E-state index contributed by atoms with van der Waals surface area (Å²) in [5.74, 6) is 0.889. The third-order valence-electron chi connectivity index (χ3n) is 3.01. The monoisotopic (exact) mass is 274 g/mol. The highest BCUT2D eigenvalue weighted by Crippen LogP contribution is 2.30. The summed E-state index contributed by atoms with van der Waals surface area (Å²) in [4.78, 5) is 4.28. The predicted molar refractivity (Wildman–Crippen MR) is 77.1 cm³/mol. The first-order valence-corrected chi connectivity index (χ1v) is 6.89. The Balaban J connectivity index is 1.83. The molecule has 0 amide bonds. The Morgan fingerprint density at radius 2 is 2.32 bits per heavy atom. The molecule has 0 saturated heterocycles. The molecule has 6 nitrogen and oxygen atoms in total. The van der Waals surface area contributed by atoms with Gasteiger partial charge in [0, 0.05) is 6.54 Å². The van der Waals surface area contributed by atoms with E-state index in [4.69, 9.17) is 5.73 Å². The van der Waals surface area contributed by atoms with E-state index < -0.39 is 0 Å². The Hall–Kier alpha value is -2.15. The van der Waals surface area contributed by atoms with Crippen molar-refractivity contribution in [1.29, 1.82) is 0 Å². The van der Waals surface area contributed by atoms with Crippen LogP contribution in [0.5, 0.6) is 0 Å². The lowest BCUT2D eigenvalue weighted by atomic mass is 10.2. The van der Waals surface area contributed by atoms with Crippen molar-refractivity contribution in [3.05, 3.63) is 29.8 Å². The Labute approximate surface area is 114 Å². The fourth-order valence-corrected chi connectivity index (χ4v) is 2.65. The molecule has 98 valence electrons. The van der Waals surface area contributed by atoms with Gasteiger partial charge in [-0.15, -0.1) is 21.5 Å². The number of fused-ring (bicyclic) bond motifs is 1. The molecule has 0 fully saturated rings. The maximum Gasteiger partial charge on any atom is 0.152 e. The van der Waals surface area contributed by atoms with Gasteiger partial charge in [-0.05, 0) is 19.1 Å². The number of nitrogens with one attached hydrogen (secondary N) is 1. The summed E-state index contributed by atoms with van der Waals surface area (Å²) in [6, 6.07) is 4.00. The topological polar surface area (TPSA) is 81.7 Å². The van der Waals surface area contributed by atoms with E-state index in [1.165, 1.54) is 0 Å². The van der Waals surface area contributed by atoms with Crippen molar-refractivity contribution in [2.75, 3.05) is 11.1 Å². The van der Waals surface area contributed by atoms with Crippen LogP contribution in [0.4, 0.5) is 11.4 Å². The second-order valence-corrected chi connectivity index (χ2v) is 5.00. The Kier molecular flexibility index (Phi) is 3.04. The summed E-state index contributed by atoms with van der Waals surface area (Å²) < 4.78 is 3.09. The van der Waals surface area contributed by atoms with Crippen LogP contribution < -0.4 is 11.1 Å². The first-order valence-electron chi connectivity index (χ1n) is 6.02. The van der Waals surface area contributed by atoms with Gasteiger partial charge in [0.15, 0.2) is 5.82 Å². The second-order valence-electron chi connectivity index (χ2n) is 4.11. The van der Waals surface area contributed by atoms with E-state index in [0.717, 1.165) is 28.3 Å². The van der Waals surface area contributed by atoms with Crippen molar-refractivity contribution in [1.82, 2.24) is 19.7 Å². The normalized spacial score (nSPS) is 11.0. The van der Waals surface area contributed by atoms with Crippen molar-refractivity contribution in [3.63, 3.8) is 0 Å². The number of hydrogen-bond acceptors (Lipinski definition) is 6. The molecule has 3 aromatic rings. The summed E-state index contributed by atoms with van der Waals surface area (Å²) in [6.07, 6.45) is 1.73. The van der Waals surface area contributed by atoms with Crippen LogP contribution in [0.15, 0.2) is 24.0 Å². The molecule has 0 atom stereocenters. The van der Waals surface area contributed by atoms with Gasteiger partial charge in [0.2, 0.25) is 0 Å².